The summed E-state index contributed by atoms with van der Waals surface area (Å²) in [6.07, 6.45) is 2.09. The first-order valence-corrected chi connectivity index (χ1v) is 4.60. The number of aliphatic imine (C=N–C) groups is 1. The Morgan fingerprint density at radius 2 is 2.08 bits per heavy atom. The van der Waals surface area contributed by atoms with E-state index in [1.54, 1.807) is 0 Å². The molecular formula is C11H16N2. The number of anilines is 1. The highest BCUT2D eigenvalue weighted by atomic mass is 14.7. The quantitative estimate of drug-likeness (QED) is 0.557. The minimum absolute atomic E-state index is 0.816. The molecular weight excluding hydrogens is 160 g/mol. The molecule has 0 aromatic heterocycles. The van der Waals surface area contributed by atoms with Crippen LogP contribution >= 0.6 is 0 Å². The van der Waals surface area contributed by atoms with Gasteiger partial charge in [-0.2, -0.15) is 0 Å². The minimum atomic E-state index is 0.816. The molecule has 1 aromatic carbocycles. The van der Waals surface area contributed by atoms with Crippen LogP contribution in [0.5, 0.6) is 0 Å². The van der Waals surface area contributed by atoms with Crippen LogP contribution in [0.15, 0.2) is 29.3 Å². The summed E-state index contributed by atoms with van der Waals surface area (Å²) in [5, 5.41) is 0. The molecule has 0 aliphatic carbocycles. The summed E-state index contributed by atoms with van der Waals surface area (Å²) in [6, 6.07) is 7.87. The monoisotopic (exact) mass is 176 g/mol. The molecule has 0 heterocycles. The van der Waals surface area contributed by atoms with E-state index in [0.29, 0.717) is 0 Å². The van der Waals surface area contributed by atoms with Crippen molar-refractivity contribution in [1.82, 2.24) is 0 Å². The third kappa shape index (κ3) is 2.31. The zero-order chi connectivity index (χ0) is 9.68. The molecule has 0 atom stereocenters. The topological polar surface area (TPSA) is 38.4 Å². The third-order valence-corrected chi connectivity index (χ3v) is 2.03. The third-order valence-electron chi connectivity index (χ3n) is 2.03. The highest BCUT2D eigenvalue weighted by Gasteiger charge is 2.03. The van der Waals surface area contributed by atoms with Gasteiger partial charge in [0.25, 0.3) is 0 Å². The fourth-order valence-corrected chi connectivity index (χ4v) is 1.36. The number of hydrogen-bond acceptors (Lipinski definition) is 2. The van der Waals surface area contributed by atoms with Gasteiger partial charge in [0, 0.05) is 24.0 Å². The zero-order valence-electron chi connectivity index (χ0n) is 8.25. The van der Waals surface area contributed by atoms with Crippen molar-refractivity contribution in [3.8, 4) is 0 Å². The summed E-state index contributed by atoms with van der Waals surface area (Å²) >= 11 is 0. The number of nitrogens with zero attached hydrogens (tertiary/aromatic N) is 1. The molecule has 0 unspecified atom stereocenters. The molecule has 0 saturated carbocycles. The molecule has 0 radical (unpaired) electrons. The lowest BCUT2D eigenvalue weighted by molar-refractivity contribution is 0.989. The number of nitrogen functional groups attached to an aromatic ring is 1. The van der Waals surface area contributed by atoms with E-state index in [0.717, 1.165) is 29.8 Å². The second kappa shape index (κ2) is 4.65. The summed E-state index contributed by atoms with van der Waals surface area (Å²) in [5.74, 6) is 0. The van der Waals surface area contributed by atoms with Gasteiger partial charge in [-0.05, 0) is 12.5 Å². The summed E-state index contributed by atoms with van der Waals surface area (Å²) < 4.78 is 0. The predicted octanol–water partition coefficient (Wildman–Crippen LogP) is 2.49. The zero-order valence-corrected chi connectivity index (χ0v) is 8.25. The smallest absolute Gasteiger partial charge is 0.0437 e. The summed E-state index contributed by atoms with van der Waals surface area (Å²) in [5.41, 5.74) is 8.84. The molecule has 0 saturated heterocycles. The van der Waals surface area contributed by atoms with Crippen LogP contribution in [-0.4, -0.2) is 12.8 Å². The van der Waals surface area contributed by atoms with Crippen LogP contribution in [0.2, 0.25) is 0 Å². The average molecular weight is 176 g/mol. The van der Waals surface area contributed by atoms with Crippen molar-refractivity contribution in [3.05, 3.63) is 29.8 Å². The van der Waals surface area contributed by atoms with Crippen LogP contribution in [0, 0.1) is 0 Å². The second-order valence-electron chi connectivity index (χ2n) is 3.01. The number of hydrogen-bond donors (Lipinski definition) is 1. The van der Waals surface area contributed by atoms with E-state index in [2.05, 4.69) is 11.9 Å². The van der Waals surface area contributed by atoms with E-state index < -0.39 is 0 Å². The lowest BCUT2D eigenvalue weighted by Crippen LogP contribution is -2.04. The molecule has 2 N–H and O–H groups in total. The molecule has 2 nitrogen and oxygen atoms in total. The van der Waals surface area contributed by atoms with E-state index >= 15 is 0 Å². The van der Waals surface area contributed by atoms with Crippen molar-refractivity contribution < 1.29 is 0 Å². The van der Waals surface area contributed by atoms with Crippen LogP contribution in [0.25, 0.3) is 0 Å². The Morgan fingerprint density at radius 3 is 2.62 bits per heavy atom. The first-order chi connectivity index (χ1) is 6.29. The minimum Gasteiger partial charge on any atom is -0.398 e. The molecule has 13 heavy (non-hydrogen) atoms. The molecule has 0 fully saturated rings. The number of para-hydroxylation sites is 1. The van der Waals surface area contributed by atoms with E-state index in [1.807, 2.05) is 31.3 Å². The molecule has 2 heteroatoms. The Morgan fingerprint density at radius 1 is 1.38 bits per heavy atom. The van der Waals surface area contributed by atoms with Gasteiger partial charge in [-0.25, -0.2) is 0 Å². The van der Waals surface area contributed by atoms with Crippen molar-refractivity contribution in [2.45, 2.75) is 19.8 Å². The lowest BCUT2D eigenvalue weighted by atomic mass is 10.0. The molecule has 0 bridgehead atoms. The summed E-state index contributed by atoms with van der Waals surface area (Å²) in [7, 11) is 1.82. The maximum Gasteiger partial charge on any atom is 0.0437 e. The van der Waals surface area contributed by atoms with Gasteiger partial charge in [0.05, 0.1) is 0 Å². The molecule has 0 amide bonds. The first kappa shape index (κ1) is 9.78. The van der Waals surface area contributed by atoms with Crippen LogP contribution in [-0.2, 0) is 0 Å². The largest absolute Gasteiger partial charge is 0.398 e. The van der Waals surface area contributed by atoms with Gasteiger partial charge in [-0.15, -0.1) is 0 Å². The van der Waals surface area contributed by atoms with Crippen LogP contribution in [0.4, 0.5) is 5.69 Å². The van der Waals surface area contributed by atoms with E-state index in [9.17, 15) is 0 Å². The molecule has 0 aliphatic heterocycles. The fraction of sp³-hybridized carbons (Fsp3) is 0.364. The lowest BCUT2D eigenvalue weighted by Gasteiger charge is -2.06. The Hall–Kier alpha value is -1.31. The average Bonchev–Trinajstić information content (AvgIpc) is 2.16. The maximum absolute atomic E-state index is 5.85. The highest BCUT2D eigenvalue weighted by molar-refractivity contribution is 6.04. The number of rotatable bonds is 3. The van der Waals surface area contributed by atoms with Gasteiger partial charge in [0.1, 0.15) is 0 Å². The van der Waals surface area contributed by atoms with Gasteiger partial charge in [-0.3, -0.25) is 4.99 Å². The fourth-order valence-electron chi connectivity index (χ4n) is 1.36. The van der Waals surface area contributed by atoms with Gasteiger partial charge in [0.2, 0.25) is 0 Å². The van der Waals surface area contributed by atoms with Crippen molar-refractivity contribution >= 4 is 11.4 Å². The van der Waals surface area contributed by atoms with Crippen molar-refractivity contribution in [3.63, 3.8) is 0 Å². The Kier molecular flexibility index (Phi) is 3.50. The van der Waals surface area contributed by atoms with Crippen molar-refractivity contribution in [2.24, 2.45) is 4.99 Å². The van der Waals surface area contributed by atoms with Crippen LogP contribution < -0.4 is 5.73 Å². The van der Waals surface area contributed by atoms with Crippen LogP contribution in [0.1, 0.15) is 25.3 Å². The Bertz CT molecular complexity index is 303. The second-order valence-corrected chi connectivity index (χ2v) is 3.01. The van der Waals surface area contributed by atoms with Gasteiger partial charge >= 0.3 is 0 Å². The van der Waals surface area contributed by atoms with Gasteiger partial charge in [0.15, 0.2) is 0 Å². The molecule has 1 rings (SSSR count). The number of benzene rings is 1. The standard InChI is InChI=1S/C11H16N2/c1-3-6-11(13-2)9-7-4-5-8-10(9)12/h4-5,7-8H,3,6,12H2,1-2H3. The Balaban J connectivity index is 2.99. The van der Waals surface area contributed by atoms with Gasteiger partial charge < -0.3 is 5.73 Å². The van der Waals surface area contributed by atoms with Crippen LogP contribution in [0.3, 0.4) is 0 Å². The molecule has 70 valence electrons. The molecule has 0 spiro atoms. The van der Waals surface area contributed by atoms with Crippen molar-refractivity contribution in [1.29, 1.82) is 0 Å². The normalized spacial score (nSPS) is 11.7. The SMILES string of the molecule is CCCC(=NC)c1ccccc1N. The van der Waals surface area contributed by atoms with Gasteiger partial charge in [-0.1, -0.05) is 31.5 Å². The van der Waals surface area contributed by atoms with Crippen molar-refractivity contribution in [2.75, 3.05) is 12.8 Å². The number of nitrogens with two attached hydrogens (primary N) is 1. The highest BCUT2D eigenvalue weighted by Crippen LogP contribution is 2.14. The summed E-state index contributed by atoms with van der Waals surface area (Å²) in [4.78, 5) is 4.25. The van der Waals surface area contributed by atoms with E-state index in [-0.39, 0.29) is 0 Å². The summed E-state index contributed by atoms with van der Waals surface area (Å²) in [6.45, 7) is 2.14. The predicted molar refractivity (Wildman–Crippen MR) is 58.2 cm³/mol. The maximum atomic E-state index is 5.85. The molecule has 1 aromatic rings. The Labute approximate surface area is 79.5 Å². The first-order valence-electron chi connectivity index (χ1n) is 4.60. The van der Waals surface area contributed by atoms with E-state index in [4.69, 9.17) is 5.73 Å². The molecule has 0 aliphatic rings. The van der Waals surface area contributed by atoms with E-state index in [1.165, 1.54) is 0 Å².